The maximum absolute atomic E-state index is 6.09. The van der Waals surface area contributed by atoms with E-state index in [9.17, 15) is 0 Å². The quantitative estimate of drug-likeness (QED) is 0.875. The lowest BCUT2D eigenvalue weighted by molar-refractivity contribution is 0.271. The van der Waals surface area contributed by atoms with E-state index in [4.69, 9.17) is 5.73 Å². The third kappa shape index (κ3) is 3.03. The van der Waals surface area contributed by atoms with Gasteiger partial charge in [0.05, 0.1) is 17.7 Å². The van der Waals surface area contributed by atoms with Crippen molar-refractivity contribution in [1.29, 1.82) is 0 Å². The Hall–Kier alpha value is -2.01. The number of hydrogen-bond acceptors (Lipinski definition) is 4. The average Bonchev–Trinajstić information content (AvgIpc) is 2.93. The van der Waals surface area contributed by atoms with Gasteiger partial charge in [0.15, 0.2) is 0 Å². The van der Waals surface area contributed by atoms with E-state index < -0.39 is 0 Å². The van der Waals surface area contributed by atoms with Crippen molar-refractivity contribution in [2.24, 2.45) is 0 Å². The molecule has 1 saturated heterocycles. The number of imidazole rings is 1. The first kappa shape index (κ1) is 13.9. The molecule has 112 valence electrons. The molecule has 1 aromatic carbocycles. The summed E-state index contributed by atoms with van der Waals surface area (Å²) in [6.45, 7) is 9.68. The highest BCUT2D eigenvalue weighted by molar-refractivity contribution is 5.63. The van der Waals surface area contributed by atoms with Gasteiger partial charge in [-0.25, -0.2) is 4.98 Å². The fourth-order valence-corrected chi connectivity index (χ4v) is 2.83. The molecule has 1 aliphatic heterocycles. The predicted molar refractivity (Wildman–Crippen MR) is 87.0 cm³/mol. The van der Waals surface area contributed by atoms with Gasteiger partial charge in [0, 0.05) is 43.8 Å². The lowest BCUT2D eigenvalue weighted by atomic mass is 10.2. The number of aryl methyl sites for hydroxylation is 1. The number of anilines is 2. The molecule has 5 heteroatoms. The topological polar surface area (TPSA) is 50.3 Å². The minimum Gasteiger partial charge on any atom is -0.399 e. The van der Waals surface area contributed by atoms with E-state index in [1.54, 1.807) is 0 Å². The summed E-state index contributed by atoms with van der Waals surface area (Å²) in [5, 5.41) is 0. The van der Waals surface area contributed by atoms with Gasteiger partial charge in [-0.3, -0.25) is 0 Å². The number of piperazine rings is 1. The Labute approximate surface area is 126 Å². The number of nitrogen functional groups attached to an aromatic ring is 1. The summed E-state index contributed by atoms with van der Waals surface area (Å²) in [7, 11) is 0. The SMILES string of the molecule is CCN1CCN(c2cc(N)cc(-n3cnc(C)c3)c2)CC1. The third-order valence-electron chi connectivity index (χ3n) is 4.12. The van der Waals surface area contributed by atoms with Gasteiger partial charge < -0.3 is 20.1 Å². The smallest absolute Gasteiger partial charge is 0.0995 e. The molecule has 0 radical (unpaired) electrons. The van der Waals surface area contributed by atoms with E-state index in [1.807, 2.05) is 30.1 Å². The summed E-state index contributed by atoms with van der Waals surface area (Å²) < 4.78 is 2.03. The van der Waals surface area contributed by atoms with E-state index in [2.05, 4.69) is 33.8 Å². The van der Waals surface area contributed by atoms with E-state index in [1.165, 1.54) is 5.69 Å². The molecule has 5 nitrogen and oxygen atoms in total. The molecule has 0 atom stereocenters. The molecular formula is C16H23N5. The molecular weight excluding hydrogens is 262 g/mol. The number of benzene rings is 1. The first-order valence-corrected chi connectivity index (χ1v) is 7.54. The van der Waals surface area contributed by atoms with Crippen LogP contribution in [0.15, 0.2) is 30.7 Å². The maximum atomic E-state index is 6.09. The minimum absolute atomic E-state index is 0.798. The maximum Gasteiger partial charge on any atom is 0.0995 e. The average molecular weight is 285 g/mol. The summed E-state index contributed by atoms with van der Waals surface area (Å²) in [6, 6.07) is 6.25. The molecule has 0 spiro atoms. The van der Waals surface area contributed by atoms with Crippen LogP contribution in [-0.2, 0) is 0 Å². The summed E-state index contributed by atoms with van der Waals surface area (Å²) >= 11 is 0. The van der Waals surface area contributed by atoms with E-state index in [0.717, 1.165) is 49.8 Å². The molecule has 2 aromatic rings. The van der Waals surface area contributed by atoms with Crippen molar-refractivity contribution in [2.75, 3.05) is 43.4 Å². The zero-order chi connectivity index (χ0) is 14.8. The summed E-state index contributed by atoms with van der Waals surface area (Å²) in [4.78, 5) is 9.18. The van der Waals surface area contributed by atoms with Gasteiger partial charge in [-0.05, 0) is 31.7 Å². The van der Waals surface area contributed by atoms with Crippen molar-refractivity contribution in [3.8, 4) is 5.69 Å². The van der Waals surface area contributed by atoms with E-state index >= 15 is 0 Å². The second-order valence-corrected chi connectivity index (χ2v) is 5.63. The van der Waals surface area contributed by atoms with Crippen molar-refractivity contribution in [2.45, 2.75) is 13.8 Å². The van der Waals surface area contributed by atoms with Crippen molar-refractivity contribution < 1.29 is 0 Å². The van der Waals surface area contributed by atoms with Gasteiger partial charge in [-0.15, -0.1) is 0 Å². The minimum atomic E-state index is 0.798. The molecule has 0 saturated carbocycles. The number of hydrogen-bond donors (Lipinski definition) is 1. The number of rotatable bonds is 3. The fourth-order valence-electron chi connectivity index (χ4n) is 2.83. The van der Waals surface area contributed by atoms with Crippen LogP contribution in [0.1, 0.15) is 12.6 Å². The summed E-state index contributed by atoms with van der Waals surface area (Å²) in [5.74, 6) is 0. The molecule has 1 aromatic heterocycles. The zero-order valence-electron chi connectivity index (χ0n) is 12.8. The predicted octanol–water partition coefficient (Wildman–Crippen LogP) is 1.90. The number of likely N-dealkylation sites (N-methyl/N-ethyl adjacent to an activating group) is 1. The van der Waals surface area contributed by atoms with Crippen LogP contribution >= 0.6 is 0 Å². The Kier molecular flexibility index (Phi) is 3.84. The molecule has 2 heterocycles. The highest BCUT2D eigenvalue weighted by Crippen LogP contribution is 2.24. The van der Waals surface area contributed by atoms with Gasteiger partial charge in [-0.1, -0.05) is 6.92 Å². The Morgan fingerprint density at radius 3 is 2.43 bits per heavy atom. The lowest BCUT2D eigenvalue weighted by Gasteiger charge is -2.35. The molecule has 0 amide bonds. The summed E-state index contributed by atoms with van der Waals surface area (Å²) in [6.07, 6.45) is 3.86. The molecule has 21 heavy (non-hydrogen) atoms. The molecule has 0 aliphatic carbocycles. The molecule has 2 N–H and O–H groups in total. The van der Waals surface area contributed by atoms with Crippen LogP contribution in [-0.4, -0.2) is 47.2 Å². The van der Waals surface area contributed by atoms with Crippen LogP contribution in [0.4, 0.5) is 11.4 Å². The molecule has 1 fully saturated rings. The van der Waals surface area contributed by atoms with Crippen LogP contribution in [0, 0.1) is 6.92 Å². The van der Waals surface area contributed by atoms with E-state index in [0.29, 0.717) is 0 Å². The standard InChI is InChI=1S/C16H23N5/c1-3-19-4-6-20(7-5-19)15-8-14(17)9-16(10-15)21-11-13(2)18-12-21/h8-12H,3-7,17H2,1-2H3. The number of aromatic nitrogens is 2. The van der Waals surface area contributed by atoms with Crippen LogP contribution in [0.2, 0.25) is 0 Å². The van der Waals surface area contributed by atoms with Gasteiger partial charge in [-0.2, -0.15) is 0 Å². The Morgan fingerprint density at radius 2 is 1.81 bits per heavy atom. The Bertz CT molecular complexity index is 611. The van der Waals surface area contributed by atoms with Gasteiger partial charge in [0.25, 0.3) is 0 Å². The second-order valence-electron chi connectivity index (χ2n) is 5.63. The second kappa shape index (κ2) is 5.77. The molecule has 0 bridgehead atoms. The van der Waals surface area contributed by atoms with Crippen molar-refractivity contribution in [3.63, 3.8) is 0 Å². The monoisotopic (exact) mass is 285 g/mol. The first-order chi connectivity index (χ1) is 10.2. The first-order valence-electron chi connectivity index (χ1n) is 7.54. The van der Waals surface area contributed by atoms with Crippen LogP contribution in [0.25, 0.3) is 5.69 Å². The van der Waals surface area contributed by atoms with Crippen molar-refractivity contribution in [3.05, 3.63) is 36.4 Å². The molecule has 3 rings (SSSR count). The third-order valence-corrected chi connectivity index (χ3v) is 4.12. The van der Waals surface area contributed by atoms with E-state index in [-0.39, 0.29) is 0 Å². The number of nitrogens with two attached hydrogens (primary N) is 1. The number of nitrogens with zero attached hydrogens (tertiary/aromatic N) is 4. The van der Waals surface area contributed by atoms with Gasteiger partial charge in [0.1, 0.15) is 0 Å². The van der Waals surface area contributed by atoms with Gasteiger partial charge >= 0.3 is 0 Å². The summed E-state index contributed by atoms with van der Waals surface area (Å²) in [5.41, 5.74) is 10.2. The van der Waals surface area contributed by atoms with Gasteiger partial charge in [0.2, 0.25) is 0 Å². The highest BCUT2D eigenvalue weighted by Gasteiger charge is 2.16. The van der Waals surface area contributed by atoms with Crippen LogP contribution in [0.3, 0.4) is 0 Å². The zero-order valence-corrected chi connectivity index (χ0v) is 12.8. The van der Waals surface area contributed by atoms with Crippen molar-refractivity contribution >= 4 is 11.4 Å². The molecule has 0 unspecified atom stereocenters. The largest absolute Gasteiger partial charge is 0.399 e. The molecule has 1 aliphatic rings. The van der Waals surface area contributed by atoms with Crippen LogP contribution in [0.5, 0.6) is 0 Å². The van der Waals surface area contributed by atoms with Crippen LogP contribution < -0.4 is 10.6 Å². The normalized spacial score (nSPS) is 16.4. The highest BCUT2D eigenvalue weighted by atomic mass is 15.3. The fraction of sp³-hybridized carbons (Fsp3) is 0.438. The Morgan fingerprint density at radius 1 is 1.10 bits per heavy atom. The Balaban J connectivity index is 1.85. The lowest BCUT2D eigenvalue weighted by Crippen LogP contribution is -2.46. The van der Waals surface area contributed by atoms with Crippen molar-refractivity contribution in [1.82, 2.24) is 14.5 Å².